The number of alkyl halides is 3. The predicted octanol–water partition coefficient (Wildman–Crippen LogP) is 2.83. The van der Waals surface area contributed by atoms with Crippen molar-refractivity contribution < 1.29 is 18.3 Å². The molecule has 0 aliphatic carbocycles. The van der Waals surface area contributed by atoms with Gasteiger partial charge >= 0.3 is 6.18 Å². The Morgan fingerprint density at radius 1 is 1.24 bits per heavy atom. The largest absolute Gasteiger partial charge is 0.493 e. The minimum absolute atomic E-state index is 0.270. The number of thioether (sulfide) groups is 1. The zero-order chi connectivity index (χ0) is 15.5. The molecule has 0 aliphatic rings. The van der Waals surface area contributed by atoms with Crippen LogP contribution in [0.5, 0.6) is 5.88 Å². The van der Waals surface area contributed by atoms with Crippen LogP contribution in [0.15, 0.2) is 40.3 Å². The number of hydrogen-bond acceptors (Lipinski definition) is 4. The highest BCUT2D eigenvalue weighted by Crippen LogP contribution is 2.29. The van der Waals surface area contributed by atoms with Crippen LogP contribution in [0.3, 0.4) is 0 Å². The van der Waals surface area contributed by atoms with Crippen molar-refractivity contribution >= 4 is 11.8 Å². The summed E-state index contributed by atoms with van der Waals surface area (Å²) in [7, 11) is 0. The molecule has 0 fully saturated rings. The van der Waals surface area contributed by atoms with E-state index in [0.29, 0.717) is 12.2 Å². The van der Waals surface area contributed by atoms with Crippen LogP contribution >= 0.6 is 11.8 Å². The third-order valence-corrected chi connectivity index (χ3v) is 3.49. The third-order valence-electron chi connectivity index (χ3n) is 2.62. The summed E-state index contributed by atoms with van der Waals surface area (Å²) in [4.78, 5) is 17.3. The number of benzene rings is 1. The zero-order valence-corrected chi connectivity index (χ0v) is 11.5. The average Bonchev–Trinajstić information content (AvgIpc) is 2.37. The summed E-state index contributed by atoms with van der Waals surface area (Å²) in [5.74, 6) is 0.147. The fourth-order valence-electron chi connectivity index (χ4n) is 1.62. The number of aromatic amines is 1. The van der Waals surface area contributed by atoms with Crippen molar-refractivity contribution in [3.8, 4) is 5.88 Å². The van der Waals surface area contributed by atoms with Crippen molar-refractivity contribution in [3.05, 3.63) is 51.8 Å². The van der Waals surface area contributed by atoms with Crippen LogP contribution in [0.25, 0.3) is 0 Å². The number of aromatic hydroxyl groups is 1. The maximum atomic E-state index is 12.4. The van der Waals surface area contributed by atoms with Gasteiger partial charge in [-0.05, 0) is 24.1 Å². The number of hydrogen-bond donors (Lipinski definition) is 2. The quantitative estimate of drug-likeness (QED) is 0.672. The number of aromatic nitrogens is 2. The molecule has 1 aromatic heterocycles. The van der Waals surface area contributed by atoms with Crippen LogP contribution < -0.4 is 5.56 Å². The van der Waals surface area contributed by atoms with E-state index >= 15 is 0 Å². The van der Waals surface area contributed by atoms with Crippen LogP contribution in [0, 0.1) is 0 Å². The molecule has 1 heterocycles. The van der Waals surface area contributed by atoms with Gasteiger partial charge in [0.05, 0.1) is 11.6 Å². The summed E-state index contributed by atoms with van der Waals surface area (Å²) in [5.41, 5.74) is -0.393. The van der Waals surface area contributed by atoms with Crippen molar-refractivity contribution in [1.29, 1.82) is 0 Å². The molecule has 0 amide bonds. The van der Waals surface area contributed by atoms with Gasteiger partial charge in [-0.15, -0.1) is 0 Å². The van der Waals surface area contributed by atoms with Crippen LogP contribution in [-0.4, -0.2) is 20.8 Å². The van der Waals surface area contributed by atoms with Gasteiger partial charge in [0.2, 0.25) is 5.88 Å². The smallest absolute Gasteiger partial charge is 0.416 e. The topological polar surface area (TPSA) is 66.0 Å². The Bertz CT molecular complexity index is 668. The molecule has 0 spiro atoms. The molecule has 0 atom stereocenters. The average molecular weight is 316 g/mol. The first-order valence-electron chi connectivity index (χ1n) is 5.94. The predicted molar refractivity (Wildman–Crippen MR) is 72.4 cm³/mol. The second kappa shape index (κ2) is 6.21. The summed E-state index contributed by atoms with van der Waals surface area (Å²) in [6.45, 7) is 0. The van der Waals surface area contributed by atoms with E-state index in [4.69, 9.17) is 5.11 Å². The van der Waals surface area contributed by atoms with Crippen molar-refractivity contribution in [2.24, 2.45) is 0 Å². The van der Waals surface area contributed by atoms with Gasteiger partial charge in [-0.2, -0.15) is 18.2 Å². The molecular weight excluding hydrogens is 305 g/mol. The van der Waals surface area contributed by atoms with Crippen molar-refractivity contribution in [3.63, 3.8) is 0 Å². The molecule has 0 unspecified atom stereocenters. The van der Waals surface area contributed by atoms with E-state index in [1.54, 1.807) is 0 Å². The fourth-order valence-corrected chi connectivity index (χ4v) is 2.48. The number of nitrogens with one attached hydrogen (secondary N) is 1. The summed E-state index contributed by atoms with van der Waals surface area (Å²) in [5, 5.41) is 9.44. The molecule has 2 rings (SSSR count). The molecule has 0 radical (unpaired) electrons. The van der Waals surface area contributed by atoms with Gasteiger partial charge < -0.3 is 10.1 Å². The fraction of sp³-hybridized carbons (Fsp3) is 0.231. The Kier molecular flexibility index (Phi) is 4.56. The highest BCUT2D eigenvalue weighted by molar-refractivity contribution is 7.99. The summed E-state index contributed by atoms with van der Waals surface area (Å²) in [6.07, 6.45) is -3.82. The second-order valence-corrected chi connectivity index (χ2v) is 5.29. The first-order valence-corrected chi connectivity index (χ1v) is 6.92. The monoisotopic (exact) mass is 316 g/mol. The summed E-state index contributed by atoms with van der Waals surface area (Å²) >= 11 is 1.20. The number of aryl methyl sites for hydroxylation is 1. The first-order chi connectivity index (χ1) is 9.84. The van der Waals surface area contributed by atoms with Gasteiger partial charge in [0, 0.05) is 5.75 Å². The highest BCUT2D eigenvalue weighted by Gasteiger charge is 2.29. The molecule has 21 heavy (non-hydrogen) atoms. The zero-order valence-electron chi connectivity index (χ0n) is 10.6. The second-order valence-electron chi connectivity index (χ2n) is 4.20. The number of halogens is 3. The van der Waals surface area contributed by atoms with E-state index in [0.717, 1.165) is 23.8 Å². The lowest BCUT2D eigenvalue weighted by Crippen LogP contribution is -2.06. The van der Waals surface area contributed by atoms with Gasteiger partial charge in [-0.3, -0.25) is 4.79 Å². The maximum Gasteiger partial charge on any atom is 0.416 e. The van der Waals surface area contributed by atoms with Gasteiger partial charge in [-0.1, -0.05) is 23.9 Å². The molecule has 2 aromatic rings. The first kappa shape index (κ1) is 15.4. The molecule has 0 saturated carbocycles. The van der Waals surface area contributed by atoms with Gasteiger partial charge in [0.25, 0.3) is 5.56 Å². The lowest BCUT2D eigenvalue weighted by Gasteiger charge is -2.07. The Labute approximate surface area is 122 Å². The minimum Gasteiger partial charge on any atom is -0.493 e. The standard InChI is InChI=1S/C13H11F3N2O2S/c14-13(15,16)9-3-1-8(2-4-9)5-6-21-12-17-10(19)7-11(20)18-12/h1-4,7H,5-6H2,(H2,17,18,19,20). The lowest BCUT2D eigenvalue weighted by atomic mass is 10.1. The number of nitrogens with zero attached hydrogens (tertiary/aromatic N) is 1. The lowest BCUT2D eigenvalue weighted by molar-refractivity contribution is -0.137. The molecule has 4 nitrogen and oxygen atoms in total. The Hall–Kier alpha value is -1.96. The van der Waals surface area contributed by atoms with Gasteiger partial charge in [0.15, 0.2) is 5.16 Å². The van der Waals surface area contributed by atoms with E-state index in [-0.39, 0.29) is 11.0 Å². The van der Waals surface area contributed by atoms with Gasteiger partial charge in [-0.25, -0.2) is 0 Å². The summed E-state index contributed by atoms with van der Waals surface area (Å²) < 4.78 is 37.2. The van der Waals surface area contributed by atoms with E-state index in [1.807, 2.05) is 0 Å². The third kappa shape index (κ3) is 4.52. The molecule has 8 heteroatoms. The number of rotatable bonds is 4. The summed E-state index contributed by atoms with van der Waals surface area (Å²) in [6, 6.07) is 5.87. The van der Waals surface area contributed by atoms with Crippen LogP contribution in [0.2, 0.25) is 0 Å². The van der Waals surface area contributed by atoms with E-state index < -0.39 is 17.3 Å². The van der Waals surface area contributed by atoms with Crippen LogP contribution in [0.4, 0.5) is 13.2 Å². The Balaban J connectivity index is 1.93. The minimum atomic E-state index is -4.34. The Morgan fingerprint density at radius 2 is 1.90 bits per heavy atom. The normalized spacial score (nSPS) is 11.6. The van der Waals surface area contributed by atoms with E-state index in [2.05, 4.69) is 9.97 Å². The molecule has 0 saturated heterocycles. The Morgan fingerprint density at radius 3 is 2.48 bits per heavy atom. The molecule has 1 aromatic carbocycles. The van der Waals surface area contributed by atoms with Gasteiger partial charge in [0.1, 0.15) is 0 Å². The van der Waals surface area contributed by atoms with Crippen LogP contribution in [-0.2, 0) is 12.6 Å². The van der Waals surface area contributed by atoms with E-state index in [9.17, 15) is 18.0 Å². The molecular formula is C13H11F3N2O2S. The van der Waals surface area contributed by atoms with E-state index in [1.165, 1.54) is 23.9 Å². The van der Waals surface area contributed by atoms with Crippen molar-refractivity contribution in [2.45, 2.75) is 17.8 Å². The van der Waals surface area contributed by atoms with Crippen LogP contribution in [0.1, 0.15) is 11.1 Å². The maximum absolute atomic E-state index is 12.4. The molecule has 0 bridgehead atoms. The highest BCUT2D eigenvalue weighted by atomic mass is 32.2. The SMILES string of the molecule is O=c1cc(O)nc(SCCc2ccc(C(F)(F)F)cc2)[nH]1. The van der Waals surface area contributed by atoms with Crippen molar-refractivity contribution in [1.82, 2.24) is 9.97 Å². The molecule has 2 N–H and O–H groups in total. The number of H-pyrrole nitrogens is 1. The van der Waals surface area contributed by atoms with Crippen molar-refractivity contribution in [2.75, 3.05) is 5.75 Å². The molecule has 112 valence electrons. The molecule has 0 aliphatic heterocycles.